The van der Waals surface area contributed by atoms with E-state index < -0.39 is 0 Å². The number of hydrogen-bond acceptors (Lipinski definition) is 7. The molecule has 0 unspecified atom stereocenters. The van der Waals surface area contributed by atoms with Crippen LogP contribution in [0.25, 0.3) is 20.9 Å². The third-order valence-corrected chi connectivity index (χ3v) is 6.86. The summed E-state index contributed by atoms with van der Waals surface area (Å²) in [6.07, 6.45) is 12.9. The number of nitrogens with zero attached hydrogens (tertiary/aromatic N) is 8. The number of esters is 1. The topological polar surface area (TPSA) is 149 Å². The minimum atomic E-state index is -0.361. The van der Waals surface area contributed by atoms with Crippen molar-refractivity contribution in [3.63, 3.8) is 0 Å². The number of ether oxygens (including phenoxy) is 2. The van der Waals surface area contributed by atoms with E-state index in [-0.39, 0.29) is 30.7 Å². The first-order valence-corrected chi connectivity index (χ1v) is 13.4. The molecule has 0 bridgehead atoms. The fraction of sp³-hybridized carbons (Fsp3) is 0.840. The van der Waals surface area contributed by atoms with Crippen LogP contribution >= 0.6 is 0 Å². The lowest BCUT2D eigenvalue weighted by Crippen LogP contribution is -2.42. The molecule has 0 aromatic heterocycles. The molecule has 0 spiro atoms. The number of hydrogen-bond donors (Lipinski definition) is 0. The number of unbranched alkanes of at least 4 members (excludes halogenated alkanes) is 7. The Morgan fingerprint density at radius 3 is 2.58 bits per heavy atom. The predicted octanol–water partition coefficient (Wildman–Crippen LogP) is 6.95. The highest BCUT2D eigenvalue weighted by molar-refractivity contribution is 5.94. The Hall–Kier alpha value is -2.90. The number of carbonyl (C=O) groups excluding carboxylic acids is 1. The lowest BCUT2D eigenvalue weighted by atomic mass is 9.99. The molecule has 2 heterocycles. The summed E-state index contributed by atoms with van der Waals surface area (Å²) in [5.74, 6) is -0.361. The van der Waals surface area contributed by atoms with Crippen molar-refractivity contribution >= 4 is 12.0 Å². The summed E-state index contributed by atoms with van der Waals surface area (Å²) < 4.78 is 11.1. The third-order valence-electron chi connectivity index (χ3n) is 6.86. The second kappa shape index (κ2) is 16.7. The van der Waals surface area contributed by atoms with Gasteiger partial charge in [-0.3, -0.25) is 4.90 Å². The zero-order valence-electron chi connectivity index (χ0n) is 22.1. The van der Waals surface area contributed by atoms with Crippen LogP contribution in [0.15, 0.2) is 26.5 Å². The first-order chi connectivity index (χ1) is 17.6. The molecule has 1 saturated heterocycles. The number of allylic oxidation sites excluding steroid dienone is 1. The van der Waals surface area contributed by atoms with Crippen LogP contribution in [0, 0.1) is 0 Å². The molecule has 2 aliphatic rings. The van der Waals surface area contributed by atoms with Gasteiger partial charge in [0.2, 0.25) is 0 Å². The van der Waals surface area contributed by atoms with E-state index in [1.54, 1.807) is 7.11 Å². The standard InChI is InChI=1S/C25H42N8O3/c1-4-5-6-7-8-9-10-13-20(30-32-27)18-21-14-15-22-23(19(2)29-25(35-3)33(21)22)24(34)36-17-12-11-16-28-31-26/h19-21H,4-18H2,1-3H3/t19-,20-,21+/m1/s1. The fourth-order valence-electron chi connectivity index (χ4n) is 5.02. The Balaban J connectivity index is 2.00. The van der Waals surface area contributed by atoms with E-state index in [9.17, 15) is 4.79 Å². The number of rotatable bonds is 17. The van der Waals surface area contributed by atoms with Crippen LogP contribution in [-0.4, -0.2) is 55.3 Å². The average Bonchev–Trinajstić information content (AvgIpc) is 3.28. The quantitative estimate of drug-likeness (QED) is 0.0695. The van der Waals surface area contributed by atoms with Gasteiger partial charge in [-0.2, -0.15) is 0 Å². The zero-order chi connectivity index (χ0) is 26.2. The molecule has 2 aliphatic heterocycles. The normalized spacial score (nSPS) is 19.6. The minimum absolute atomic E-state index is 0.0536. The molecule has 0 amide bonds. The molecule has 2 rings (SSSR count). The van der Waals surface area contributed by atoms with Gasteiger partial charge in [0.1, 0.15) is 0 Å². The van der Waals surface area contributed by atoms with Crippen LogP contribution in [-0.2, 0) is 14.3 Å². The Kier molecular flexibility index (Phi) is 13.6. The Morgan fingerprint density at radius 1 is 1.14 bits per heavy atom. The summed E-state index contributed by atoms with van der Waals surface area (Å²) in [6, 6.07) is 0.0969. The van der Waals surface area contributed by atoms with Crippen LogP contribution in [0.4, 0.5) is 0 Å². The Morgan fingerprint density at radius 2 is 1.89 bits per heavy atom. The smallest absolute Gasteiger partial charge is 0.337 e. The third kappa shape index (κ3) is 8.95. The van der Waals surface area contributed by atoms with Gasteiger partial charge in [-0.15, -0.1) is 0 Å². The SMILES string of the molecule is CCCCCCCCC[C@H](C[C@@H]1CCC2=C(C(=O)OCCCCN=[N+]=[N-])[C@@H](C)N=C(OC)N21)N=[N+]=[N-]. The summed E-state index contributed by atoms with van der Waals surface area (Å²) in [7, 11) is 1.59. The molecule has 0 aromatic rings. The van der Waals surface area contributed by atoms with E-state index in [1.807, 2.05) is 11.8 Å². The minimum Gasteiger partial charge on any atom is -0.468 e. The van der Waals surface area contributed by atoms with Crippen LogP contribution < -0.4 is 0 Å². The van der Waals surface area contributed by atoms with Crippen LogP contribution in [0.5, 0.6) is 0 Å². The van der Waals surface area contributed by atoms with Gasteiger partial charge in [0, 0.05) is 34.1 Å². The predicted molar refractivity (Wildman–Crippen MR) is 140 cm³/mol. The van der Waals surface area contributed by atoms with Gasteiger partial charge in [-0.1, -0.05) is 62.1 Å². The van der Waals surface area contributed by atoms with Gasteiger partial charge >= 0.3 is 5.97 Å². The van der Waals surface area contributed by atoms with E-state index in [2.05, 4.69) is 32.0 Å². The maximum atomic E-state index is 13.0. The maximum Gasteiger partial charge on any atom is 0.337 e. The van der Waals surface area contributed by atoms with Crippen molar-refractivity contribution in [1.29, 1.82) is 0 Å². The van der Waals surface area contributed by atoms with E-state index in [1.165, 1.54) is 32.1 Å². The second-order valence-corrected chi connectivity index (χ2v) is 9.52. The first-order valence-electron chi connectivity index (χ1n) is 13.4. The average molecular weight is 503 g/mol. The first kappa shape index (κ1) is 29.3. The molecule has 200 valence electrons. The highest BCUT2D eigenvalue weighted by atomic mass is 16.5. The molecule has 0 saturated carbocycles. The summed E-state index contributed by atoms with van der Waals surface area (Å²) in [6.45, 7) is 4.75. The molecule has 0 aromatic carbocycles. The summed E-state index contributed by atoms with van der Waals surface area (Å²) in [4.78, 5) is 25.5. The van der Waals surface area contributed by atoms with Crippen molar-refractivity contribution < 1.29 is 14.3 Å². The number of aliphatic imine (C=N–C) groups is 1. The van der Waals surface area contributed by atoms with Crippen molar-refractivity contribution in [1.82, 2.24) is 4.90 Å². The highest BCUT2D eigenvalue weighted by Crippen LogP contribution is 2.38. The van der Waals surface area contributed by atoms with Crippen molar-refractivity contribution in [3.8, 4) is 0 Å². The molecule has 11 heteroatoms. The highest BCUT2D eigenvalue weighted by Gasteiger charge is 2.41. The fourth-order valence-corrected chi connectivity index (χ4v) is 5.02. The van der Waals surface area contributed by atoms with Gasteiger partial charge in [0.05, 0.1) is 25.3 Å². The number of azide groups is 2. The maximum absolute atomic E-state index is 13.0. The number of fused-ring (bicyclic) bond motifs is 1. The molecule has 0 radical (unpaired) electrons. The van der Waals surface area contributed by atoms with Crippen molar-refractivity contribution in [2.75, 3.05) is 20.3 Å². The lowest BCUT2D eigenvalue weighted by Gasteiger charge is -2.34. The summed E-state index contributed by atoms with van der Waals surface area (Å²) in [5, 5.41) is 7.60. The van der Waals surface area contributed by atoms with Crippen LogP contribution in [0.3, 0.4) is 0 Å². The van der Waals surface area contributed by atoms with Gasteiger partial charge in [0.25, 0.3) is 6.02 Å². The Bertz CT molecular complexity index is 861. The number of methoxy groups -OCH3 is 1. The van der Waals surface area contributed by atoms with Crippen LogP contribution in [0.1, 0.15) is 97.3 Å². The number of amidine groups is 1. The van der Waals surface area contributed by atoms with E-state index in [4.69, 9.17) is 20.5 Å². The second-order valence-electron chi connectivity index (χ2n) is 9.52. The van der Waals surface area contributed by atoms with Crippen molar-refractivity contribution in [2.45, 2.75) is 115 Å². The van der Waals surface area contributed by atoms with Crippen LogP contribution in [0.2, 0.25) is 0 Å². The number of carbonyl (C=O) groups is 1. The summed E-state index contributed by atoms with van der Waals surface area (Å²) in [5.41, 5.74) is 19.0. The molecule has 0 aliphatic carbocycles. The summed E-state index contributed by atoms with van der Waals surface area (Å²) >= 11 is 0. The molecule has 11 nitrogen and oxygen atoms in total. The van der Waals surface area contributed by atoms with Crippen molar-refractivity contribution in [3.05, 3.63) is 32.2 Å². The monoisotopic (exact) mass is 502 g/mol. The van der Waals surface area contributed by atoms with Crippen molar-refractivity contribution in [2.24, 2.45) is 15.2 Å². The molecular formula is C25H42N8O3. The Labute approximate surface area is 214 Å². The van der Waals surface area contributed by atoms with Gasteiger partial charge in [0.15, 0.2) is 0 Å². The van der Waals surface area contributed by atoms with Gasteiger partial charge < -0.3 is 9.47 Å². The molecule has 36 heavy (non-hydrogen) atoms. The van der Waals surface area contributed by atoms with E-state index >= 15 is 0 Å². The lowest BCUT2D eigenvalue weighted by molar-refractivity contribution is -0.139. The molecule has 0 N–H and O–H groups in total. The van der Waals surface area contributed by atoms with Gasteiger partial charge in [-0.05, 0) is 56.5 Å². The zero-order valence-corrected chi connectivity index (χ0v) is 22.1. The van der Waals surface area contributed by atoms with E-state index in [0.29, 0.717) is 37.4 Å². The molecular weight excluding hydrogens is 460 g/mol. The largest absolute Gasteiger partial charge is 0.468 e. The van der Waals surface area contributed by atoms with Gasteiger partial charge in [-0.25, -0.2) is 9.79 Å². The molecule has 3 atom stereocenters. The van der Waals surface area contributed by atoms with E-state index in [0.717, 1.165) is 37.8 Å². The molecule has 1 fully saturated rings.